The van der Waals surface area contributed by atoms with Crippen LogP contribution in [-0.4, -0.2) is 71.1 Å². The highest BCUT2D eigenvalue weighted by atomic mass is 35.5. The van der Waals surface area contributed by atoms with Gasteiger partial charge in [0.2, 0.25) is 5.91 Å². The number of carbonyl (C=O) groups excluding carboxylic acids is 1. The fourth-order valence-corrected chi connectivity index (χ4v) is 5.43. The first-order valence-electron chi connectivity index (χ1n) is 12.6. The highest BCUT2D eigenvalue weighted by Gasteiger charge is 2.30. The van der Waals surface area contributed by atoms with Crippen molar-refractivity contribution < 1.29 is 18.7 Å². The predicted octanol–water partition coefficient (Wildman–Crippen LogP) is 5.03. The lowest BCUT2D eigenvalue weighted by Gasteiger charge is -2.41. The number of anilines is 2. The Balaban J connectivity index is 1.29. The smallest absolute Gasteiger partial charge is 0.219 e. The van der Waals surface area contributed by atoms with E-state index in [-0.39, 0.29) is 22.7 Å². The number of rotatable bonds is 6. The fourth-order valence-electron chi connectivity index (χ4n) is 5.25. The molecule has 8 nitrogen and oxygen atoms in total. The summed E-state index contributed by atoms with van der Waals surface area (Å²) in [6.07, 6.45) is 5.44. The number of hydrogen-bond acceptors (Lipinski definition) is 7. The number of benzene rings is 2. The Bertz CT molecular complexity index is 1280. The number of methoxy groups -OCH3 is 1. The number of hydrogen-bond donors (Lipinski definition) is 1. The molecule has 10 heteroatoms. The number of carbonyl (C=O) groups is 1. The van der Waals surface area contributed by atoms with Crippen molar-refractivity contribution in [3.05, 3.63) is 47.5 Å². The average Bonchev–Trinajstić information content (AvgIpc) is 2.91. The lowest BCUT2D eigenvalue weighted by Crippen LogP contribution is -2.52. The van der Waals surface area contributed by atoms with E-state index in [9.17, 15) is 9.18 Å². The van der Waals surface area contributed by atoms with Crippen LogP contribution in [0, 0.1) is 5.82 Å². The minimum Gasteiger partial charge on any atom is -0.493 e. The monoisotopic (exact) mass is 527 g/mol. The molecule has 0 radical (unpaired) electrons. The predicted molar refractivity (Wildman–Crippen MR) is 141 cm³/mol. The molecule has 1 saturated heterocycles. The largest absolute Gasteiger partial charge is 0.493 e. The lowest BCUT2D eigenvalue weighted by atomic mass is 9.91. The number of nitrogens with zero attached hydrogens (tertiary/aromatic N) is 4. The van der Waals surface area contributed by atoms with Crippen molar-refractivity contribution in [2.45, 2.75) is 44.8 Å². The van der Waals surface area contributed by atoms with Gasteiger partial charge in [-0.25, -0.2) is 14.4 Å². The van der Waals surface area contributed by atoms with Gasteiger partial charge in [0.05, 0.1) is 29.4 Å². The highest BCUT2D eigenvalue weighted by molar-refractivity contribution is 6.31. The summed E-state index contributed by atoms with van der Waals surface area (Å²) in [7, 11) is 1.60. The molecule has 3 aromatic rings. The standard InChI is InChI=1S/C27H31ClFN5O3/c1-17(35)33-10-12-34(13-11-33)18-6-8-19(9-7-18)37-25-14-20-23(15-24(25)36-2)30-16-31-27(20)32-22-5-3-4-21(28)26(22)29/h3-5,14-16,18-19H,6-13H2,1-2H3,(H,30,31,32). The zero-order valence-electron chi connectivity index (χ0n) is 21.0. The van der Waals surface area contributed by atoms with Crippen LogP contribution < -0.4 is 14.8 Å². The number of amides is 1. The summed E-state index contributed by atoms with van der Waals surface area (Å²) in [4.78, 5) is 24.7. The summed E-state index contributed by atoms with van der Waals surface area (Å²) in [6.45, 7) is 5.10. The molecule has 196 valence electrons. The maximum absolute atomic E-state index is 14.5. The van der Waals surface area contributed by atoms with Gasteiger partial charge in [0.15, 0.2) is 17.3 Å². The summed E-state index contributed by atoms with van der Waals surface area (Å²) >= 11 is 5.95. The average molecular weight is 528 g/mol. The van der Waals surface area contributed by atoms with Crippen LogP contribution in [0.1, 0.15) is 32.6 Å². The number of ether oxygens (including phenoxy) is 2. The first-order chi connectivity index (χ1) is 17.9. The molecule has 0 bridgehead atoms. The van der Waals surface area contributed by atoms with Crippen LogP contribution in [0.3, 0.4) is 0 Å². The molecule has 37 heavy (non-hydrogen) atoms. The van der Waals surface area contributed by atoms with E-state index < -0.39 is 5.82 Å². The zero-order chi connectivity index (χ0) is 25.9. The van der Waals surface area contributed by atoms with Crippen LogP contribution in [0.15, 0.2) is 36.7 Å². The molecule has 1 amide bonds. The molecular formula is C27H31ClFN5O3. The Kier molecular flexibility index (Phi) is 7.62. The molecule has 1 N–H and O–H groups in total. The van der Waals surface area contributed by atoms with Crippen LogP contribution in [0.4, 0.5) is 15.9 Å². The van der Waals surface area contributed by atoms with Crippen LogP contribution in [0.25, 0.3) is 10.9 Å². The van der Waals surface area contributed by atoms with E-state index in [1.807, 2.05) is 17.0 Å². The molecule has 1 aliphatic carbocycles. The van der Waals surface area contributed by atoms with Gasteiger partial charge in [0.1, 0.15) is 12.1 Å². The minimum absolute atomic E-state index is 0.0328. The van der Waals surface area contributed by atoms with Gasteiger partial charge in [-0.2, -0.15) is 0 Å². The second-order valence-electron chi connectivity index (χ2n) is 9.56. The van der Waals surface area contributed by atoms with Crippen LogP contribution in [0.5, 0.6) is 11.5 Å². The molecule has 2 heterocycles. The van der Waals surface area contributed by atoms with Crippen LogP contribution in [-0.2, 0) is 4.79 Å². The van der Waals surface area contributed by atoms with E-state index in [1.165, 1.54) is 12.4 Å². The number of piperazine rings is 1. The topological polar surface area (TPSA) is 79.8 Å². The van der Waals surface area contributed by atoms with Crippen molar-refractivity contribution in [2.75, 3.05) is 38.6 Å². The SMILES string of the molecule is COc1cc2ncnc(Nc3cccc(Cl)c3F)c2cc1OC1CCC(N2CCN(C(C)=O)CC2)CC1. The Labute approximate surface area is 220 Å². The van der Waals surface area contributed by atoms with E-state index in [1.54, 1.807) is 26.2 Å². The van der Waals surface area contributed by atoms with Crippen LogP contribution in [0.2, 0.25) is 5.02 Å². The van der Waals surface area contributed by atoms with Crippen molar-refractivity contribution in [3.63, 3.8) is 0 Å². The zero-order valence-corrected chi connectivity index (χ0v) is 21.8. The minimum atomic E-state index is -0.541. The molecule has 1 saturated carbocycles. The van der Waals surface area contributed by atoms with Crippen molar-refractivity contribution in [1.29, 1.82) is 0 Å². The normalized spacial score (nSPS) is 20.6. The van der Waals surface area contributed by atoms with Gasteiger partial charge < -0.3 is 19.7 Å². The molecule has 5 rings (SSSR count). The fraction of sp³-hybridized carbons (Fsp3) is 0.444. The van der Waals surface area contributed by atoms with Crippen molar-refractivity contribution in [3.8, 4) is 11.5 Å². The number of nitrogens with one attached hydrogen (secondary N) is 1. The van der Waals surface area contributed by atoms with Crippen LogP contribution >= 0.6 is 11.6 Å². The van der Waals surface area contributed by atoms with E-state index in [4.69, 9.17) is 21.1 Å². The molecule has 0 atom stereocenters. The molecule has 0 spiro atoms. The lowest BCUT2D eigenvalue weighted by molar-refractivity contribution is -0.131. The van der Waals surface area contributed by atoms with Gasteiger partial charge in [-0.05, 0) is 43.9 Å². The first kappa shape index (κ1) is 25.5. The van der Waals surface area contributed by atoms with Crippen molar-refractivity contribution in [2.24, 2.45) is 0 Å². The summed E-state index contributed by atoms with van der Waals surface area (Å²) in [5.41, 5.74) is 0.880. The van der Waals surface area contributed by atoms with Gasteiger partial charge in [-0.15, -0.1) is 0 Å². The summed E-state index contributed by atoms with van der Waals surface area (Å²) in [5.74, 6) is 1.27. The summed E-state index contributed by atoms with van der Waals surface area (Å²) in [6, 6.07) is 8.96. The quantitative estimate of drug-likeness (QED) is 0.481. The summed E-state index contributed by atoms with van der Waals surface area (Å²) in [5, 5.41) is 3.76. The maximum Gasteiger partial charge on any atom is 0.219 e. The van der Waals surface area contributed by atoms with Gasteiger partial charge in [0, 0.05) is 50.6 Å². The molecular weight excluding hydrogens is 497 g/mol. The third kappa shape index (κ3) is 5.57. The van der Waals surface area contributed by atoms with Crippen molar-refractivity contribution in [1.82, 2.24) is 19.8 Å². The van der Waals surface area contributed by atoms with Gasteiger partial charge in [-0.3, -0.25) is 9.69 Å². The Morgan fingerprint density at radius 1 is 1.08 bits per heavy atom. The molecule has 1 aromatic heterocycles. The second-order valence-corrected chi connectivity index (χ2v) is 9.97. The maximum atomic E-state index is 14.5. The molecule has 0 unspecified atom stereocenters. The van der Waals surface area contributed by atoms with Crippen molar-refractivity contribution >= 4 is 39.9 Å². The summed E-state index contributed by atoms with van der Waals surface area (Å²) < 4.78 is 26.6. The number of fused-ring (bicyclic) bond motifs is 1. The van der Waals surface area contributed by atoms with E-state index in [0.29, 0.717) is 34.3 Å². The van der Waals surface area contributed by atoms with E-state index in [2.05, 4.69) is 20.2 Å². The Morgan fingerprint density at radius 3 is 2.54 bits per heavy atom. The van der Waals surface area contributed by atoms with Gasteiger partial charge in [0.25, 0.3) is 0 Å². The number of halogens is 2. The molecule has 1 aliphatic heterocycles. The third-order valence-electron chi connectivity index (χ3n) is 7.34. The number of aromatic nitrogens is 2. The Hall–Kier alpha value is -3.17. The van der Waals surface area contributed by atoms with E-state index in [0.717, 1.165) is 51.9 Å². The highest BCUT2D eigenvalue weighted by Crippen LogP contribution is 2.37. The van der Waals surface area contributed by atoms with Gasteiger partial charge in [-0.1, -0.05) is 17.7 Å². The van der Waals surface area contributed by atoms with Gasteiger partial charge >= 0.3 is 0 Å². The Morgan fingerprint density at radius 2 is 1.84 bits per heavy atom. The third-order valence-corrected chi connectivity index (χ3v) is 7.63. The molecule has 2 aromatic carbocycles. The second kappa shape index (κ2) is 11.1. The molecule has 2 fully saturated rings. The molecule has 2 aliphatic rings. The first-order valence-corrected chi connectivity index (χ1v) is 13.0. The van der Waals surface area contributed by atoms with E-state index >= 15 is 0 Å².